The maximum absolute atomic E-state index is 5.60. The van der Waals surface area contributed by atoms with Gasteiger partial charge in [-0.1, -0.05) is 0 Å². The minimum absolute atomic E-state index is 0.288. The molecule has 1 heterocycles. The molecule has 1 aromatic rings. The lowest BCUT2D eigenvalue weighted by Gasteiger charge is -2.13. The van der Waals surface area contributed by atoms with Crippen LogP contribution in [0.3, 0.4) is 0 Å². The van der Waals surface area contributed by atoms with E-state index in [0.717, 1.165) is 24.8 Å². The first-order chi connectivity index (χ1) is 6.36. The van der Waals surface area contributed by atoms with E-state index in [0.29, 0.717) is 5.88 Å². The smallest absolute Gasteiger partial charge is 0.0935 e. The minimum atomic E-state index is 0.288. The molecule has 1 rings (SSSR count). The van der Waals surface area contributed by atoms with Gasteiger partial charge in [0, 0.05) is 11.9 Å². The van der Waals surface area contributed by atoms with Crippen molar-refractivity contribution in [2.24, 2.45) is 5.84 Å². The fourth-order valence-corrected chi connectivity index (χ4v) is 1.42. The summed E-state index contributed by atoms with van der Waals surface area (Å²) in [5, 5.41) is 0. The SMILES string of the molecule is NNC(CCCCl)Cc1ccoc1. The third kappa shape index (κ3) is 3.81. The Morgan fingerprint density at radius 3 is 3.00 bits per heavy atom. The molecule has 74 valence electrons. The molecular weight excluding hydrogens is 188 g/mol. The average molecular weight is 203 g/mol. The molecule has 0 fully saturated rings. The van der Waals surface area contributed by atoms with E-state index in [1.165, 1.54) is 0 Å². The van der Waals surface area contributed by atoms with Crippen LogP contribution in [0.5, 0.6) is 0 Å². The summed E-state index contributed by atoms with van der Waals surface area (Å²) < 4.78 is 4.97. The predicted molar refractivity (Wildman–Crippen MR) is 53.5 cm³/mol. The summed E-state index contributed by atoms with van der Waals surface area (Å²) in [5.41, 5.74) is 3.94. The number of hydrogen-bond acceptors (Lipinski definition) is 3. The molecule has 0 bridgehead atoms. The van der Waals surface area contributed by atoms with Crippen molar-refractivity contribution in [3.63, 3.8) is 0 Å². The Labute approximate surface area is 83.2 Å². The highest BCUT2D eigenvalue weighted by molar-refractivity contribution is 6.17. The van der Waals surface area contributed by atoms with Crippen LogP contribution >= 0.6 is 11.6 Å². The number of hydrogen-bond donors (Lipinski definition) is 2. The highest BCUT2D eigenvalue weighted by atomic mass is 35.5. The van der Waals surface area contributed by atoms with Crippen molar-refractivity contribution < 1.29 is 4.42 Å². The van der Waals surface area contributed by atoms with Gasteiger partial charge in [0.15, 0.2) is 0 Å². The number of hydrazine groups is 1. The molecule has 4 heteroatoms. The Hall–Kier alpha value is -0.510. The first kappa shape index (κ1) is 10.6. The van der Waals surface area contributed by atoms with Crippen LogP contribution in [-0.2, 0) is 6.42 Å². The van der Waals surface area contributed by atoms with Gasteiger partial charge in [0.2, 0.25) is 0 Å². The second-order valence-electron chi connectivity index (χ2n) is 3.03. The number of nitrogens with one attached hydrogen (secondary N) is 1. The van der Waals surface area contributed by atoms with Gasteiger partial charge in [-0.05, 0) is 30.9 Å². The van der Waals surface area contributed by atoms with Crippen LogP contribution in [0.25, 0.3) is 0 Å². The molecular formula is C9H15ClN2O. The third-order valence-electron chi connectivity index (χ3n) is 1.98. The van der Waals surface area contributed by atoms with Crippen LogP contribution < -0.4 is 11.3 Å². The molecule has 13 heavy (non-hydrogen) atoms. The van der Waals surface area contributed by atoms with Crippen molar-refractivity contribution >= 4 is 11.6 Å². The zero-order chi connectivity index (χ0) is 9.52. The topological polar surface area (TPSA) is 51.2 Å². The standard InChI is InChI=1S/C9H15ClN2O/c10-4-1-2-9(12-11)6-8-3-5-13-7-8/h3,5,7,9,12H,1-2,4,6,11H2. The predicted octanol–water partition coefficient (Wildman–Crippen LogP) is 1.67. The number of alkyl halides is 1. The lowest BCUT2D eigenvalue weighted by molar-refractivity contribution is 0.483. The lowest BCUT2D eigenvalue weighted by atomic mass is 10.1. The maximum Gasteiger partial charge on any atom is 0.0935 e. The fourth-order valence-electron chi connectivity index (χ4n) is 1.26. The molecule has 0 saturated carbocycles. The van der Waals surface area contributed by atoms with Gasteiger partial charge >= 0.3 is 0 Å². The van der Waals surface area contributed by atoms with Crippen LogP contribution in [-0.4, -0.2) is 11.9 Å². The van der Waals surface area contributed by atoms with Crippen molar-refractivity contribution in [3.05, 3.63) is 24.2 Å². The lowest BCUT2D eigenvalue weighted by Crippen LogP contribution is -2.36. The summed E-state index contributed by atoms with van der Waals surface area (Å²) in [6.45, 7) is 0. The van der Waals surface area contributed by atoms with E-state index in [4.69, 9.17) is 21.9 Å². The van der Waals surface area contributed by atoms with E-state index in [9.17, 15) is 0 Å². The van der Waals surface area contributed by atoms with Crippen molar-refractivity contribution in [1.29, 1.82) is 0 Å². The summed E-state index contributed by atoms with van der Waals surface area (Å²) in [5.74, 6) is 6.09. The Bertz CT molecular complexity index is 213. The molecule has 0 amide bonds. The van der Waals surface area contributed by atoms with Crippen molar-refractivity contribution in [2.75, 3.05) is 5.88 Å². The molecule has 1 atom stereocenters. The summed E-state index contributed by atoms with van der Waals surface area (Å²) in [4.78, 5) is 0. The van der Waals surface area contributed by atoms with Crippen molar-refractivity contribution in [3.8, 4) is 0 Å². The largest absolute Gasteiger partial charge is 0.472 e. The van der Waals surface area contributed by atoms with Crippen LogP contribution in [0.1, 0.15) is 18.4 Å². The van der Waals surface area contributed by atoms with E-state index in [-0.39, 0.29) is 6.04 Å². The molecule has 1 unspecified atom stereocenters. The Kier molecular flexibility index (Phi) is 4.90. The fraction of sp³-hybridized carbons (Fsp3) is 0.556. The highest BCUT2D eigenvalue weighted by Gasteiger charge is 2.07. The van der Waals surface area contributed by atoms with Gasteiger partial charge in [-0.2, -0.15) is 0 Å². The molecule has 0 aromatic carbocycles. The minimum Gasteiger partial charge on any atom is -0.472 e. The number of nitrogens with two attached hydrogens (primary N) is 1. The van der Waals surface area contributed by atoms with Gasteiger partial charge in [0.1, 0.15) is 0 Å². The van der Waals surface area contributed by atoms with Crippen molar-refractivity contribution in [1.82, 2.24) is 5.43 Å². The van der Waals surface area contributed by atoms with E-state index < -0.39 is 0 Å². The summed E-state index contributed by atoms with van der Waals surface area (Å²) in [7, 11) is 0. The van der Waals surface area contributed by atoms with E-state index in [2.05, 4.69) is 5.43 Å². The monoisotopic (exact) mass is 202 g/mol. The molecule has 0 aliphatic rings. The molecule has 0 spiro atoms. The summed E-state index contributed by atoms with van der Waals surface area (Å²) in [6, 6.07) is 2.24. The average Bonchev–Trinajstić information content (AvgIpc) is 2.64. The molecule has 0 aliphatic carbocycles. The number of furan rings is 1. The van der Waals surface area contributed by atoms with Crippen LogP contribution in [0.4, 0.5) is 0 Å². The number of rotatable bonds is 6. The summed E-state index contributed by atoms with van der Waals surface area (Å²) >= 11 is 5.60. The quantitative estimate of drug-likeness (QED) is 0.419. The summed E-state index contributed by atoms with van der Waals surface area (Å²) in [6.07, 6.45) is 6.28. The highest BCUT2D eigenvalue weighted by Crippen LogP contribution is 2.07. The van der Waals surface area contributed by atoms with Gasteiger partial charge in [-0.3, -0.25) is 11.3 Å². The molecule has 0 saturated heterocycles. The van der Waals surface area contributed by atoms with E-state index in [1.54, 1.807) is 12.5 Å². The third-order valence-corrected chi connectivity index (χ3v) is 2.25. The molecule has 3 N–H and O–H groups in total. The van der Waals surface area contributed by atoms with Gasteiger partial charge in [-0.15, -0.1) is 11.6 Å². The van der Waals surface area contributed by atoms with Crippen LogP contribution in [0, 0.1) is 0 Å². The normalized spacial score (nSPS) is 13.1. The van der Waals surface area contributed by atoms with Gasteiger partial charge < -0.3 is 4.42 Å². The first-order valence-corrected chi connectivity index (χ1v) is 4.93. The van der Waals surface area contributed by atoms with E-state index >= 15 is 0 Å². The van der Waals surface area contributed by atoms with Gasteiger partial charge in [0.05, 0.1) is 12.5 Å². The maximum atomic E-state index is 5.60. The van der Waals surface area contributed by atoms with E-state index in [1.807, 2.05) is 6.07 Å². The molecule has 3 nitrogen and oxygen atoms in total. The first-order valence-electron chi connectivity index (χ1n) is 4.40. The van der Waals surface area contributed by atoms with Crippen LogP contribution in [0.2, 0.25) is 0 Å². The second kappa shape index (κ2) is 6.02. The molecule has 0 radical (unpaired) electrons. The Morgan fingerprint density at radius 2 is 2.46 bits per heavy atom. The Morgan fingerprint density at radius 1 is 1.62 bits per heavy atom. The second-order valence-corrected chi connectivity index (χ2v) is 3.41. The Balaban J connectivity index is 2.31. The zero-order valence-electron chi connectivity index (χ0n) is 7.50. The molecule has 1 aromatic heterocycles. The van der Waals surface area contributed by atoms with Gasteiger partial charge in [-0.25, -0.2) is 0 Å². The molecule has 0 aliphatic heterocycles. The number of halogens is 1. The van der Waals surface area contributed by atoms with Crippen LogP contribution in [0.15, 0.2) is 23.0 Å². The van der Waals surface area contributed by atoms with Crippen molar-refractivity contribution in [2.45, 2.75) is 25.3 Å². The van der Waals surface area contributed by atoms with Gasteiger partial charge in [0.25, 0.3) is 0 Å². The zero-order valence-corrected chi connectivity index (χ0v) is 8.26.